The third-order valence-corrected chi connectivity index (χ3v) is 8.53. The fourth-order valence-corrected chi connectivity index (χ4v) is 7.08. The van der Waals surface area contributed by atoms with Crippen molar-refractivity contribution in [3.8, 4) is 0 Å². The Hall–Kier alpha value is -0.420. The number of fused-ring (bicyclic) bond motifs is 5. The molecular weight excluding hydrogens is 488 g/mol. The minimum Gasteiger partial charge on any atom is -0.134 e. The van der Waals surface area contributed by atoms with E-state index < -0.39 is 0 Å². The summed E-state index contributed by atoms with van der Waals surface area (Å²) in [5, 5.41) is 5.09. The van der Waals surface area contributed by atoms with E-state index >= 15 is 0 Å². The zero-order chi connectivity index (χ0) is 17.9. The molecule has 0 radical (unpaired) electrons. The zero-order valence-corrected chi connectivity index (χ0v) is 19.5. The fraction of sp³-hybridized carbons (Fsp3) is 0.364. The average molecular weight is 510 g/mol. The molecule has 136 valence electrons. The normalized spacial score (nSPS) is 11.9. The summed E-state index contributed by atoms with van der Waals surface area (Å²) in [4.78, 5) is 0. The average Bonchev–Trinajstić information content (AvgIpc) is 3.17. The molecule has 0 atom stereocenters. The van der Waals surface area contributed by atoms with E-state index in [1.807, 2.05) is 22.7 Å². The summed E-state index contributed by atoms with van der Waals surface area (Å²) >= 11 is 11.0. The predicted octanol–water partition coefficient (Wildman–Crippen LogP) is 8.70. The highest BCUT2D eigenvalue weighted by Gasteiger charge is 2.12. The molecular formula is C22H22Br2S2. The van der Waals surface area contributed by atoms with Crippen LogP contribution in [0.5, 0.6) is 0 Å². The number of halogens is 2. The van der Waals surface area contributed by atoms with Crippen LogP contribution in [0.4, 0.5) is 0 Å². The van der Waals surface area contributed by atoms with E-state index in [1.54, 1.807) is 0 Å². The summed E-state index contributed by atoms with van der Waals surface area (Å²) in [6.45, 7) is 0. The van der Waals surface area contributed by atoms with Crippen LogP contribution in [-0.2, 0) is 12.8 Å². The van der Waals surface area contributed by atoms with Crippen molar-refractivity contribution in [1.82, 2.24) is 0 Å². The highest BCUT2D eigenvalue weighted by molar-refractivity contribution is 9.09. The molecule has 0 nitrogen and oxygen atoms in total. The maximum atomic E-state index is 3.53. The Kier molecular flexibility index (Phi) is 6.35. The van der Waals surface area contributed by atoms with Crippen LogP contribution in [0.1, 0.15) is 36.8 Å². The monoisotopic (exact) mass is 508 g/mol. The Bertz CT molecular complexity index is 945. The van der Waals surface area contributed by atoms with E-state index in [4.69, 9.17) is 0 Å². The Morgan fingerprint density at radius 1 is 0.615 bits per heavy atom. The van der Waals surface area contributed by atoms with Gasteiger partial charge in [0.25, 0.3) is 0 Å². The highest BCUT2D eigenvalue weighted by atomic mass is 79.9. The number of unbranched alkanes of at least 4 members (excludes halogenated alkanes) is 2. The Labute approximate surface area is 179 Å². The van der Waals surface area contributed by atoms with Crippen LogP contribution in [0.15, 0.2) is 36.4 Å². The number of hydrogen-bond acceptors (Lipinski definition) is 2. The molecule has 0 aliphatic carbocycles. The van der Waals surface area contributed by atoms with Gasteiger partial charge in [-0.1, -0.05) is 56.1 Å². The van der Waals surface area contributed by atoms with Gasteiger partial charge >= 0.3 is 0 Å². The number of alkyl halides is 2. The molecule has 0 amide bonds. The second-order valence-corrected chi connectivity index (χ2v) is 10.5. The molecule has 2 aromatic heterocycles. The number of benzene rings is 2. The maximum absolute atomic E-state index is 3.53. The second kappa shape index (κ2) is 8.72. The first-order valence-corrected chi connectivity index (χ1v) is 13.2. The Morgan fingerprint density at radius 2 is 1.08 bits per heavy atom. The number of hydrogen-bond donors (Lipinski definition) is 0. The molecule has 0 spiro atoms. The third kappa shape index (κ3) is 3.89. The van der Waals surface area contributed by atoms with Crippen molar-refractivity contribution >= 4 is 84.1 Å². The van der Waals surface area contributed by atoms with Gasteiger partial charge in [0.1, 0.15) is 0 Å². The molecule has 0 unspecified atom stereocenters. The first-order valence-electron chi connectivity index (χ1n) is 9.28. The quantitative estimate of drug-likeness (QED) is 0.164. The lowest BCUT2D eigenvalue weighted by Crippen LogP contribution is -1.85. The van der Waals surface area contributed by atoms with E-state index in [2.05, 4.69) is 68.3 Å². The lowest BCUT2D eigenvalue weighted by molar-refractivity contribution is 0.807. The molecule has 2 aromatic carbocycles. The van der Waals surface area contributed by atoms with Gasteiger partial charge in [-0.05, 0) is 61.8 Å². The van der Waals surface area contributed by atoms with Crippen molar-refractivity contribution in [2.45, 2.75) is 38.5 Å². The molecule has 0 aliphatic heterocycles. The van der Waals surface area contributed by atoms with E-state index in [9.17, 15) is 0 Å². The number of thiophene rings is 2. The molecule has 0 saturated heterocycles. The van der Waals surface area contributed by atoms with Crippen LogP contribution in [0, 0.1) is 0 Å². The minimum absolute atomic E-state index is 1.11. The number of rotatable bonds is 8. The van der Waals surface area contributed by atoms with E-state index in [0.29, 0.717) is 0 Å². The first kappa shape index (κ1) is 18.9. The summed E-state index contributed by atoms with van der Waals surface area (Å²) in [6, 6.07) is 14.2. The van der Waals surface area contributed by atoms with Gasteiger partial charge in [0.2, 0.25) is 0 Å². The Balaban J connectivity index is 1.67. The lowest BCUT2D eigenvalue weighted by Gasteiger charge is -2.01. The van der Waals surface area contributed by atoms with Crippen molar-refractivity contribution in [1.29, 1.82) is 0 Å². The van der Waals surface area contributed by atoms with Gasteiger partial charge in [0.15, 0.2) is 0 Å². The minimum atomic E-state index is 1.11. The lowest BCUT2D eigenvalue weighted by atomic mass is 10.1. The van der Waals surface area contributed by atoms with Crippen molar-refractivity contribution in [2.75, 3.05) is 10.7 Å². The molecule has 0 aliphatic rings. The van der Waals surface area contributed by atoms with Gasteiger partial charge in [0, 0.05) is 30.8 Å². The summed E-state index contributed by atoms with van der Waals surface area (Å²) in [6.07, 6.45) is 7.39. The van der Waals surface area contributed by atoms with Crippen LogP contribution < -0.4 is 0 Å². The van der Waals surface area contributed by atoms with Crippen molar-refractivity contribution in [3.05, 3.63) is 47.5 Å². The summed E-state index contributed by atoms with van der Waals surface area (Å²) in [7, 11) is 0. The van der Waals surface area contributed by atoms with Crippen LogP contribution in [0.2, 0.25) is 0 Å². The molecule has 4 rings (SSSR count). The SMILES string of the molecule is BrCCCCc1ccc2c(c1)sc1c3ccc(CCCCBr)cc3sc21. The van der Waals surface area contributed by atoms with Gasteiger partial charge in [-0.25, -0.2) is 0 Å². The van der Waals surface area contributed by atoms with Crippen LogP contribution in [0.25, 0.3) is 29.6 Å². The van der Waals surface area contributed by atoms with Gasteiger partial charge < -0.3 is 0 Å². The van der Waals surface area contributed by atoms with Gasteiger partial charge in [-0.3, -0.25) is 0 Å². The van der Waals surface area contributed by atoms with Crippen molar-refractivity contribution in [3.63, 3.8) is 0 Å². The summed E-state index contributed by atoms with van der Waals surface area (Å²) in [5.41, 5.74) is 2.96. The standard InChI is InChI=1S/C22H22Br2S2/c23-11-3-1-5-15-7-9-17-19(13-15)25-22-18-10-8-16(6-2-4-12-24)14-20(18)26-21(17)22/h7-10,13-14H,1-6,11-12H2. The van der Waals surface area contributed by atoms with Crippen LogP contribution >= 0.6 is 54.5 Å². The van der Waals surface area contributed by atoms with E-state index in [1.165, 1.54) is 79.2 Å². The van der Waals surface area contributed by atoms with Crippen molar-refractivity contribution < 1.29 is 0 Å². The molecule has 0 N–H and O–H groups in total. The van der Waals surface area contributed by atoms with Gasteiger partial charge in [-0.2, -0.15) is 0 Å². The fourth-order valence-electron chi connectivity index (χ4n) is 3.50. The zero-order valence-electron chi connectivity index (χ0n) is 14.7. The van der Waals surface area contributed by atoms with Crippen LogP contribution in [0.3, 0.4) is 0 Å². The maximum Gasteiger partial charge on any atom is 0.0542 e. The molecule has 4 heteroatoms. The second-order valence-electron chi connectivity index (χ2n) is 6.82. The Morgan fingerprint density at radius 3 is 1.50 bits per heavy atom. The van der Waals surface area contributed by atoms with E-state index in [-0.39, 0.29) is 0 Å². The van der Waals surface area contributed by atoms with Gasteiger partial charge in [-0.15, -0.1) is 22.7 Å². The molecule has 0 saturated carbocycles. The number of aryl methyl sites for hydroxylation is 2. The third-order valence-electron chi connectivity index (χ3n) is 4.91. The summed E-state index contributed by atoms with van der Waals surface area (Å²) in [5.74, 6) is 0. The molecule has 0 fully saturated rings. The topological polar surface area (TPSA) is 0 Å². The molecule has 26 heavy (non-hydrogen) atoms. The predicted molar refractivity (Wildman–Crippen MR) is 128 cm³/mol. The molecule has 0 bridgehead atoms. The van der Waals surface area contributed by atoms with Crippen LogP contribution in [-0.4, -0.2) is 10.7 Å². The summed E-state index contributed by atoms with van der Waals surface area (Å²) < 4.78 is 5.85. The highest BCUT2D eigenvalue weighted by Crippen LogP contribution is 2.44. The van der Waals surface area contributed by atoms with E-state index in [0.717, 1.165) is 10.7 Å². The van der Waals surface area contributed by atoms with Crippen molar-refractivity contribution in [2.24, 2.45) is 0 Å². The molecule has 4 aromatic rings. The molecule has 2 heterocycles. The van der Waals surface area contributed by atoms with Gasteiger partial charge in [0.05, 0.1) is 9.40 Å². The first-order chi connectivity index (χ1) is 12.8. The largest absolute Gasteiger partial charge is 0.134 e. The smallest absolute Gasteiger partial charge is 0.0542 e.